The summed E-state index contributed by atoms with van der Waals surface area (Å²) in [5.74, 6) is 0.893. The van der Waals surface area contributed by atoms with Gasteiger partial charge in [0.2, 0.25) is 0 Å². The van der Waals surface area contributed by atoms with Gasteiger partial charge in [0.05, 0.1) is 11.6 Å². The summed E-state index contributed by atoms with van der Waals surface area (Å²) in [6.45, 7) is 3.29. The molecule has 2 aromatic carbocycles. The third-order valence-electron chi connectivity index (χ3n) is 5.45. The summed E-state index contributed by atoms with van der Waals surface area (Å²) < 4.78 is 6.35. The van der Waals surface area contributed by atoms with Crippen molar-refractivity contribution in [2.75, 3.05) is 20.2 Å². The number of allylic oxidation sites excluding steroid dienone is 1. The van der Waals surface area contributed by atoms with Gasteiger partial charge >= 0.3 is 0 Å². The predicted molar refractivity (Wildman–Crippen MR) is 102 cm³/mol. The van der Waals surface area contributed by atoms with Crippen molar-refractivity contribution >= 4 is 22.0 Å². The number of rotatable bonds is 3. The SMILES string of the molecule is COc1ccc(CN2CCC3(C=Cc4ccccc43)CC2)cc1Br. The number of hydrogen-bond acceptors (Lipinski definition) is 2. The van der Waals surface area contributed by atoms with E-state index >= 15 is 0 Å². The number of piperidine rings is 1. The maximum absolute atomic E-state index is 5.32. The van der Waals surface area contributed by atoms with Crippen LogP contribution in [0.1, 0.15) is 29.5 Å². The molecule has 1 aliphatic heterocycles. The predicted octanol–water partition coefficient (Wildman–Crippen LogP) is 5.02. The molecule has 1 aliphatic carbocycles. The Morgan fingerprint density at radius 3 is 2.67 bits per heavy atom. The molecule has 3 heteroatoms. The van der Waals surface area contributed by atoms with Crippen LogP contribution < -0.4 is 4.74 Å². The second kappa shape index (κ2) is 6.38. The third-order valence-corrected chi connectivity index (χ3v) is 6.07. The van der Waals surface area contributed by atoms with Crippen molar-refractivity contribution in [2.45, 2.75) is 24.8 Å². The Balaban J connectivity index is 1.44. The lowest BCUT2D eigenvalue weighted by Gasteiger charge is -2.39. The Hall–Kier alpha value is -1.58. The summed E-state index contributed by atoms with van der Waals surface area (Å²) in [5.41, 5.74) is 4.54. The highest BCUT2D eigenvalue weighted by molar-refractivity contribution is 9.10. The molecule has 1 saturated heterocycles. The molecule has 0 N–H and O–H groups in total. The minimum Gasteiger partial charge on any atom is -0.496 e. The lowest BCUT2D eigenvalue weighted by atomic mass is 9.74. The summed E-state index contributed by atoms with van der Waals surface area (Å²) in [7, 11) is 1.71. The van der Waals surface area contributed by atoms with E-state index in [0.717, 1.165) is 29.9 Å². The molecule has 0 amide bonds. The van der Waals surface area contributed by atoms with E-state index in [4.69, 9.17) is 4.74 Å². The highest BCUT2D eigenvalue weighted by atomic mass is 79.9. The van der Waals surface area contributed by atoms with Crippen molar-refractivity contribution in [1.29, 1.82) is 0 Å². The van der Waals surface area contributed by atoms with Gasteiger partial charge in [-0.15, -0.1) is 0 Å². The molecule has 2 nitrogen and oxygen atoms in total. The van der Waals surface area contributed by atoms with Crippen molar-refractivity contribution in [1.82, 2.24) is 4.90 Å². The molecule has 1 spiro atoms. The van der Waals surface area contributed by atoms with E-state index in [-0.39, 0.29) is 5.41 Å². The summed E-state index contributed by atoms with van der Waals surface area (Å²) in [5, 5.41) is 0. The topological polar surface area (TPSA) is 12.5 Å². The monoisotopic (exact) mass is 383 g/mol. The van der Waals surface area contributed by atoms with E-state index in [1.165, 1.54) is 29.5 Å². The minimum absolute atomic E-state index is 0.271. The second-order valence-electron chi connectivity index (χ2n) is 6.82. The molecule has 0 atom stereocenters. The number of benzene rings is 2. The number of fused-ring (bicyclic) bond motifs is 2. The first kappa shape index (κ1) is 15.9. The Kier molecular flexibility index (Phi) is 4.23. The van der Waals surface area contributed by atoms with E-state index in [9.17, 15) is 0 Å². The number of nitrogens with zero attached hydrogens (tertiary/aromatic N) is 1. The fourth-order valence-electron chi connectivity index (χ4n) is 4.05. The Labute approximate surface area is 152 Å². The molecule has 4 rings (SSSR count). The van der Waals surface area contributed by atoms with Gasteiger partial charge in [0.15, 0.2) is 0 Å². The lowest BCUT2D eigenvalue weighted by Crippen LogP contribution is -2.40. The fourth-order valence-corrected chi connectivity index (χ4v) is 4.64. The van der Waals surface area contributed by atoms with Gasteiger partial charge in [-0.3, -0.25) is 4.90 Å². The zero-order chi connectivity index (χ0) is 16.6. The van der Waals surface area contributed by atoms with Crippen molar-refractivity contribution in [2.24, 2.45) is 0 Å². The van der Waals surface area contributed by atoms with Crippen LogP contribution >= 0.6 is 15.9 Å². The fraction of sp³-hybridized carbons (Fsp3) is 0.333. The summed E-state index contributed by atoms with van der Waals surface area (Å²) in [6.07, 6.45) is 7.17. The van der Waals surface area contributed by atoms with Crippen LogP contribution in [0.3, 0.4) is 0 Å². The average Bonchev–Trinajstić information content (AvgIpc) is 2.96. The Morgan fingerprint density at radius 2 is 1.92 bits per heavy atom. The van der Waals surface area contributed by atoms with Gasteiger partial charge in [0.1, 0.15) is 5.75 Å². The molecule has 124 valence electrons. The molecule has 1 fully saturated rings. The first-order valence-corrected chi connectivity index (χ1v) is 9.33. The molecular formula is C21H22BrNO. The molecule has 2 aromatic rings. The highest BCUT2D eigenvalue weighted by Gasteiger charge is 2.37. The quantitative estimate of drug-likeness (QED) is 0.737. The number of ether oxygens (including phenoxy) is 1. The van der Waals surface area contributed by atoms with E-state index in [1.807, 2.05) is 6.07 Å². The van der Waals surface area contributed by atoms with Crippen LogP contribution in [-0.4, -0.2) is 25.1 Å². The third kappa shape index (κ3) is 2.80. The van der Waals surface area contributed by atoms with Gasteiger partial charge in [-0.25, -0.2) is 0 Å². The van der Waals surface area contributed by atoms with Crippen LogP contribution in [-0.2, 0) is 12.0 Å². The van der Waals surface area contributed by atoms with E-state index in [2.05, 4.69) is 69.4 Å². The Morgan fingerprint density at radius 1 is 1.12 bits per heavy atom. The van der Waals surface area contributed by atoms with Gasteiger partial charge in [-0.05, 0) is 70.7 Å². The van der Waals surface area contributed by atoms with Gasteiger partial charge in [-0.2, -0.15) is 0 Å². The van der Waals surface area contributed by atoms with Crippen LogP contribution in [0.4, 0.5) is 0 Å². The Bertz CT molecular complexity index is 775. The van der Waals surface area contributed by atoms with Crippen LogP contribution in [0.15, 0.2) is 53.0 Å². The maximum Gasteiger partial charge on any atom is 0.133 e. The van der Waals surface area contributed by atoms with Crippen molar-refractivity contribution in [3.8, 4) is 5.75 Å². The van der Waals surface area contributed by atoms with Crippen LogP contribution in [0, 0.1) is 0 Å². The number of halogens is 1. The molecule has 2 aliphatic rings. The second-order valence-corrected chi connectivity index (χ2v) is 7.68. The molecule has 24 heavy (non-hydrogen) atoms. The van der Waals surface area contributed by atoms with Gasteiger partial charge < -0.3 is 4.74 Å². The first-order chi connectivity index (χ1) is 11.7. The molecule has 0 bridgehead atoms. The van der Waals surface area contributed by atoms with Crippen molar-refractivity contribution in [3.63, 3.8) is 0 Å². The summed E-state index contributed by atoms with van der Waals surface area (Å²) in [6, 6.07) is 15.2. The number of likely N-dealkylation sites (tertiary alicyclic amines) is 1. The molecule has 1 heterocycles. The standard InChI is InChI=1S/C21H22BrNO/c1-24-20-7-6-16(14-19(20)22)15-23-12-10-21(11-13-23)9-8-17-4-2-3-5-18(17)21/h2-9,14H,10-13,15H2,1H3. The molecule has 0 unspecified atom stereocenters. The van der Waals surface area contributed by atoms with Crippen molar-refractivity contribution < 1.29 is 4.74 Å². The van der Waals surface area contributed by atoms with Gasteiger partial charge in [0.25, 0.3) is 0 Å². The van der Waals surface area contributed by atoms with E-state index < -0.39 is 0 Å². The molecule has 0 aromatic heterocycles. The van der Waals surface area contributed by atoms with Crippen LogP contribution in [0.2, 0.25) is 0 Å². The average molecular weight is 384 g/mol. The zero-order valence-corrected chi connectivity index (χ0v) is 15.6. The molecular weight excluding hydrogens is 362 g/mol. The number of hydrogen-bond donors (Lipinski definition) is 0. The first-order valence-electron chi connectivity index (χ1n) is 8.54. The largest absolute Gasteiger partial charge is 0.496 e. The normalized spacial score (nSPS) is 18.8. The van der Waals surface area contributed by atoms with E-state index in [1.54, 1.807) is 7.11 Å². The highest BCUT2D eigenvalue weighted by Crippen LogP contribution is 2.43. The van der Waals surface area contributed by atoms with Crippen LogP contribution in [0.25, 0.3) is 6.08 Å². The summed E-state index contributed by atoms with van der Waals surface area (Å²) in [4.78, 5) is 2.56. The minimum atomic E-state index is 0.271. The summed E-state index contributed by atoms with van der Waals surface area (Å²) >= 11 is 3.59. The maximum atomic E-state index is 5.32. The van der Waals surface area contributed by atoms with E-state index in [0.29, 0.717) is 0 Å². The number of methoxy groups -OCH3 is 1. The molecule has 0 radical (unpaired) electrons. The van der Waals surface area contributed by atoms with Crippen LogP contribution in [0.5, 0.6) is 5.75 Å². The van der Waals surface area contributed by atoms with Gasteiger partial charge in [-0.1, -0.05) is 42.5 Å². The van der Waals surface area contributed by atoms with Gasteiger partial charge in [0, 0.05) is 12.0 Å². The molecule has 0 saturated carbocycles. The zero-order valence-electron chi connectivity index (χ0n) is 14.0. The lowest BCUT2D eigenvalue weighted by molar-refractivity contribution is 0.177. The smallest absolute Gasteiger partial charge is 0.133 e. The van der Waals surface area contributed by atoms with Crippen molar-refractivity contribution in [3.05, 3.63) is 69.7 Å².